The van der Waals surface area contributed by atoms with Crippen LogP contribution in [0.5, 0.6) is 11.5 Å². The van der Waals surface area contributed by atoms with Gasteiger partial charge in [-0.15, -0.1) is 11.3 Å². The summed E-state index contributed by atoms with van der Waals surface area (Å²) >= 11 is 1.43. The molecule has 2 aliphatic heterocycles. The molecule has 350 valence electrons. The van der Waals surface area contributed by atoms with Crippen molar-refractivity contribution in [3.8, 4) is 22.2 Å². The maximum Gasteiger partial charge on any atom is 0.419 e. The number of methoxy groups -OCH3 is 1. The summed E-state index contributed by atoms with van der Waals surface area (Å²) in [5.74, 6) is -2.77. The molecule has 0 radical (unpaired) electrons. The van der Waals surface area contributed by atoms with Crippen LogP contribution in [0, 0.1) is 18.7 Å². The second kappa shape index (κ2) is 17.6. The average Bonchev–Trinajstić information content (AvgIpc) is 4.02. The third-order valence-corrected chi connectivity index (χ3v) is 16.5. The Hall–Kier alpha value is -5.04. The second-order valence-electron chi connectivity index (χ2n) is 18.5. The van der Waals surface area contributed by atoms with E-state index < -0.39 is 73.8 Å². The predicted octanol–water partition coefficient (Wildman–Crippen LogP) is 8.40. The fraction of sp³-hybridized carbons (Fsp3) is 0.543. The van der Waals surface area contributed by atoms with E-state index in [1.165, 1.54) is 16.2 Å². The Morgan fingerprint density at radius 3 is 2.42 bits per heavy atom. The van der Waals surface area contributed by atoms with E-state index in [0.29, 0.717) is 83.8 Å². The minimum Gasteiger partial charge on any atom is -0.496 e. The molecule has 3 amide bonds. The number of anilines is 1. The van der Waals surface area contributed by atoms with Crippen molar-refractivity contribution in [3.05, 3.63) is 64.4 Å². The molecule has 2 saturated carbocycles. The highest BCUT2D eigenvalue weighted by molar-refractivity contribution is 7.91. The molecule has 3 N–H and O–H groups in total. The van der Waals surface area contributed by atoms with Gasteiger partial charge in [0.2, 0.25) is 21.8 Å². The van der Waals surface area contributed by atoms with Gasteiger partial charge in [-0.3, -0.25) is 19.1 Å². The molecule has 4 heterocycles. The fourth-order valence-electron chi connectivity index (χ4n) is 9.04. The Morgan fingerprint density at radius 2 is 1.74 bits per heavy atom. The number of carbonyl (C=O) groups excluding carboxylic acids is 3. The Kier molecular flexibility index (Phi) is 12.6. The van der Waals surface area contributed by atoms with E-state index >= 15 is 0 Å². The number of rotatable bonds is 10. The number of amides is 3. The molecule has 4 aromatic rings. The van der Waals surface area contributed by atoms with Gasteiger partial charge in [-0.05, 0) is 88.1 Å². The summed E-state index contributed by atoms with van der Waals surface area (Å²) in [6.45, 7) is 7.38. The molecule has 13 nitrogen and oxygen atoms in total. The van der Waals surface area contributed by atoms with Crippen molar-refractivity contribution >= 4 is 55.7 Å². The quantitative estimate of drug-likeness (QED) is 0.131. The van der Waals surface area contributed by atoms with Gasteiger partial charge in [0.15, 0.2) is 0 Å². The first-order valence-corrected chi connectivity index (χ1v) is 24.5. The van der Waals surface area contributed by atoms with Crippen molar-refractivity contribution in [2.75, 3.05) is 19.0 Å². The third-order valence-electron chi connectivity index (χ3n) is 13.5. The summed E-state index contributed by atoms with van der Waals surface area (Å²) in [5.41, 5.74) is -0.406. The lowest BCUT2D eigenvalue weighted by molar-refractivity contribution is -0.140. The van der Waals surface area contributed by atoms with Crippen LogP contribution in [0.15, 0.2) is 41.8 Å². The van der Waals surface area contributed by atoms with Gasteiger partial charge in [-0.2, -0.15) is 13.2 Å². The van der Waals surface area contributed by atoms with Gasteiger partial charge >= 0.3 is 6.18 Å². The molecule has 19 heteroatoms. The van der Waals surface area contributed by atoms with Crippen molar-refractivity contribution in [2.45, 2.75) is 139 Å². The van der Waals surface area contributed by atoms with Gasteiger partial charge in [-0.25, -0.2) is 22.8 Å². The van der Waals surface area contributed by atoms with E-state index in [4.69, 9.17) is 19.4 Å². The number of hydrogen-bond acceptors (Lipinski definition) is 11. The minimum atomic E-state index is -4.99. The molecule has 2 aliphatic carbocycles. The summed E-state index contributed by atoms with van der Waals surface area (Å²) in [6.07, 6.45) is -0.708. The summed E-state index contributed by atoms with van der Waals surface area (Å²) in [5, 5.41) is 9.10. The van der Waals surface area contributed by atoms with Crippen LogP contribution in [0.25, 0.3) is 21.6 Å². The first-order valence-electron chi connectivity index (χ1n) is 22.2. The topological polar surface area (TPSA) is 169 Å². The van der Waals surface area contributed by atoms with Crippen LogP contribution in [0.3, 0.4) is 0 Å². The summed E-state index contributed by atoms with van der Waals surface area (Å²) in [6, 6.07) is 5.43. The zero-order valence-corrected chi connectivity index (χ0v) is 38.6. The lowest BCUT2D eigenvalue weighted by Crippen LogP contribution is -2.58. The number of aryl methyl sites for hydroxylation is 1. The molecule has 0 unspecified atom stereocenters. The number of fused-ring (bicyclic) bond motifs is 3. The van der Waals surface area contributed by atoms with E-state index in [-0.39, 0.29) is 43.3 Å². The number of sulfonamides is 1. The predicted molar refractivity (Wildman–Crippen MR) is 238 cm³/mol. The number of thiazole rings is 1. The van der Waals surface area contributed by atoms with E-state index in [1.807, 2.05) is 32.2 Å². The number of ether oxygens (including phenoxy) is 2. The van der Waals surface area contributed by atoms with E-state index in [1.54, 1.807) is 26.2 Å². The van der Waals surface area contributed by atoms with Gasteiger partial charge in [0, 0.05) is 34.5 Å². The molecule has 65 heavy (non-hydrogen) atoms. The molecule has 4 fully saturated rings. The number of carbonyl (C=O) groups is 3. The minimum absolute atomic E-state index is 0.0547. The Labute approximate surface area is 379 Å². The highest BCUT2D eigenvalue weighted by Crippen LogP contribution is 2.49. The number of alkyl halides is 3. The van der Waals surface area contributed by atoms with E-state index in [0.717, 1.165) is 30.2 Å². The van der Waals surface area contributed by atoms with Gasteiger partial charge in [0.1, 0.15) is 51.7 Å². The Bertz CT molecular complexity index is 2620. The normalized spacial score (nSPS) is 24.9. The molecule has 8 rings (SSSR count). The summed E-state index contributed by atoms with van der Waals surface area (Å²) < 4.78 is 96.1. The van der Waals surface area contributed by atoms with Crippen LogP contribution in [0.1, 0.15) is 114 Å². The largest absolute Gasteiger partial charge is 0.496 e. The van der Waals surface area contributed by atoms with Gasteiger partial charge in [0.05, 0.1) is 35.2 Å². The number of hydrogen-bond donors (Lipinski definition) is 3. The number of benzene rings is 2. The molecule has 2 saturated heterocycles. The van der Waals surface area contributed by atoms with Crippen LogP contribution in [0.2, 0.25) is 0 Å². The lowest BCUT2D eigenvalue weighted by Gasteiger charge is -2.30. The highest BCUT2D eigenvalue weighted by atomic mass is 32.2. The fourth-order valence-corrected chi connectivity index (χ4v) is 11.3. The van der Waals surface area contributed by atoms with Gasteiger partial charge in [-0.1, -0.05) is 46.0 Å². The van der Waals surface area contributed by atoms with Crippen molar-refractivity contribution < 1.29 is 49.8 Å². The number of aromatic nitrogens is 2. The molecule has 2 aromatic carbocycles. The van der Waals surface area contributed by atoms with Crippen molar-refractivity contribution in [2.24, 2.45) is 5.92 Å². The van der Waals surface area contributed by atoms with Crippen LogP contribution >= 0.6 is 11.3 Å². The Balaban J connectivity index is 1.16. The second-order valence-corrected chi connectivity index (χ2v) is 21.5. The van der Waals surface area contributed by atoms with Crippen molar-refractivity contribution in [1.82, 2.24) is 24.9 Å². The van der Waals surface area contributed by atoms with Crippen molar-refractivity contribution in [3.63, 3.8) is 0 Å². The molecule has 0 spiro atoms. The molecular weight excluding hydrogens is 889 g/mol. The van der Waals surface area contributed by atoms with E-state index in [2.05, 4.69) is 15.4 Å². The number of pyridine rings is 1. The highest BCUT2D eigenvalue weighted by Gasteiger charge is 2.63. The van der Waals surface area contributed by atoms with Crippen LogP contribution in [-0.2, 0) is 30.6 Å². The Morgan fingerprint density at radius 1 is 1.02 bits per heavy atom. The van der Waals surface area contributed by atoms with E-state index in [9.17, 15) is 40.4 Å². The average molecular weight is 943 g/mol. The maximum atomic E-state index is 14.9. The number of nitrogens with zero attached hydrogens (tertiary/aromatic N) is 3. The molecule has 5 atom stereocenters. The number of nitrogens with one attached hydrogen (secondary N) is 3. The zero-order valence-electron chi connectivity index (χ0n) is 36.9. The first kappa shape index (κ1) is 46.5. The third kappa shape index (κ3) is 9.36. The van der Waals surface area contributed by atoms with Gasteiger partial charge in [0.25, 0.3) is 5.91 Å². The standard InChI is InChI=1S/C46H54F4N6O7S2/c1-25(2)35-24-64-41(53-35)34-21-38(30-14-16-37(62-5)26(3)39(30)52-34)63-29-20-36-40(57)54-45(43(59)55-65(60,61)44(4)17-18-44)22-27(45)11-9-7-6-8-10-12-33(42(58)56(36)23-29)51-28-13-15-32(47)31(19-28)46(48,49)50/h13-16,19,21,24-25,27,29,33,36,51H,6-12,17-18,20,22-23H2,1-5H3,(H,54,57)(H,55,59)/t27-,29+,33-,36-,45+/m0/s1. The first-order chi connectivity index (χ1) is 30.7. The van der Waals surface area contributed by atoms with Crippen molar-refractivity contribution in [1.29, 1.82) is 0 Å². The van der Waals surface area contributed by atoms with Crippen LogP contribution in [0.4, 0.5) is 23.2 Å². The monoisotopic (exact) mass is 942 g/mol. The molecule has 4 aliphatic rings. The lowest BCUT2D eigenvalue weighted by atomic mass is 10.0. The molecule has 2 aromatic heterocycles. The maximum absolute atomic E-state index is 14.9. The van der Waals surface area contributed by atoms with Gasteiger partial charge < -0.3 is 25.0 Å². The summed E-state index contributed by atoms with van der Waals surface area (Å²) in [4.78, 5) is 54.9. The van der Waals surface area contributed by atoms with Crippen LogP contribution in [-0.4, -0.2) is 83.1 Å². The molecule has 0 bridgehead atoms. The van der Waals surface area contributed by atoms with Crippen LogP contribution < -0.4 is 24.8 Å². The molecular formula is C46H54F4N6O7S2. The number of halogens is 4. The zero-order chi connectivity index (χ0) is 46.6. The SMILES string of the molecule is COc1ccc2c(O[C@@H]3C[C@H]4C(=O)N[C@]5(C(=O)NS(=O)(=O)C6(C)CC6)C[C@@H]5CCCCCCC[C@H](Nc5ccc(F)c(C(F)(F)F)c5)C(=O)N4C3)cc(-c3nc(C(C)C)cs3)nc2c1C. The smallest absolute Gasteiger partial charge is 0.419 e. The summed E-state index contributed by atoms with van der Waals surface area (Å²) in [7, 11) is -2.50.